The van der Waals surface area contributed by atoms with E-state index >= 15 is 0 Å². The maximum atomic E-state index is 12.3. The molecule has 0 heterocycles. The number of unbranched alkanes of at least 4 members (excludes halogenated alkanes) is 4. The molecule has 0 rings (SSSR count). The standard InChI is InChI=1S/C81H116O5/c1-3-5-7-9-11-13-15-17-19-21-23-25-27-29-31-33-35-37-38-39-40-41-42-44-46-48-50-52-54-56-58-60-62-64-66-68-70-72-74-76-81(84)86-79(77-82)78-85-80(83)75-73-71-69-67-65-63-61-59-57-55-53-51-49-47-45-43-36-34-32-30-28-26-24-22-20-18-16-14-12-10-8-6-4-2/h5-8,11-14,17-20,23-26,29-32,35-37,39-40,42-44,47-50,53-56,59-62,65-68,79,82H,3-4,9-10,15-16,21-22,27-28,33-34,38,41,45-46,51-52,57-58,63-64,69-78H2,1-2H3/b7-5-,8-6-,13-11-,14-12-,19-17-,20-18-,25-23-,26-24-,31-29-,32-30-,37-35-,40-39-,43-36-,44-42-,49-47-,50-48-,55-53-,56-54-,61-59-,62-60-,67-65-,68-66-. The average molecular weight is 1170 g/mol. The third-order valence-corrected chi connectivity index (χ3v) is 12.5. The highest BCUT2D eigenvalue weighted by molar-refractivity contribution is 5.70. The Balaban J connectivity index is 3.79. The Kier molecular flexibility index (Phi) is 66.7. The summed E-state index contributed by atoms with van der Waals surface area (Å²) in [4.78, 5) is 24.6. The topological polar surface area (TPSA) is 72.8 Å². The van der Waals surface area contributed by atoms with E-state index in [0.717, 1.165) is 173 Å². The minimum atomic E-state index is -0.838. The molecule has 0 aliphatic rings. The van der Waals surface area contributed by atoms with Crippen LogP contribution >= 0.6 is 0 Å². The van der Waals surface area contributed by atoms with Crippen LogP contribution in [0.25, 0.3) is 0 Å². The molecule has 0 saturated heterocycles. The number of allylic oxidation sites excluding steroid dienone is 44. The Morgan fingerprint density at radius 3 is 0.651 bits per heavy atom. The van der Waals surface area contributed by atoms with Gasteiger partial charge < -0.3 is 14.6 Å². The fourth-order valence-electron chi connectivity index (χ4n) is 7.68. The van der Waals surface area contributed by atoms with Gasteiger partial charge in [-0.15, -0.1) is 0 Å². The summed E-state index contributed by atoms with van der Waals surface area (Å²) < 4.78 is 10.6. The number of carbonyl (C=O) groups excluding carboxylic acids is 2. The van der Waals surface area contributed by atoms with E-state index in [1.807, 2.05) is 0 Å². The molecule has 0 fully saturated rings. The van der Waals surface area contributed by atoms with Crippen LogP contribution in [0, 0.1) is 0 Å². The van der Waals surface area contributed by atoms with Crippen LogP contribution in [-0.2, 0) is 19.1 Å². The van der Waals surface area contributed by atoms with Gasteiger partial charge >= 0.3 is 11.9 Å². The molecule has 1 N–H and O–H groups in total. The molecule has 0 spiro atoms. The molecule has 0 saturated carbocycles. The first-order valence-electron chi connectivity index (χ1n) is 32.9. The minimum Gasteiger partial charge on any atom is -0.462 e. The van der Waals surface area contributed by atoms with E-state index in [1.54, 1.807) is 0 Å². The van der Waals surface area contributed by atoms with Gasteiger partial charge in [0.1, 0.15) is 6.61 Å². The third kappa shape index (κ3) is 69.7. The van der Waals surface area contributed by atoms with Crippen molar-refractivity contribution in [2.45, 2.75) is 213 Å². The van der Waals surface area contributed by atoms with Crippen LogP contribution in [0.2, 0.25) is 0 Å². The SMILES string of the molecule is CC/C=C\C/C=C\C/C=C\C/C=C\C/C=C\C/C=C\C/C=C\C/C=C\C/C=C\C/C=C\C/C=C\C/C=C\CCCCC(=O)OC(CO)COC(=O)CCCC/C=C\C/C=C\C/C=C\C/C=C\C/C=C\C/C=C\C/C=C\C/C=C\C/C=C\C/C=C\CC. The summed E-state index contributed by atoms with van der Waals surface area (Å²) in [6.45, 7) is 3.81. The Hall–Kier alpha value is -6.82. The molecular formula is C81H116O5. The van der Waals surface area contributed by atoms with E-state index in [1.165, 1.54) is 0 Å². The first-order chi connectivity index (χ1) is 42.6. The molecule has 0 bridgehead atoms. The van der Waals surface area contributed by atoms with Crippen molar-refractivity contribution in [2.24, 2.45) is 0 Å². The largest absolute Gasteiger partial charge is 0.462 e. The van der Waals surface area contributed by atoms with Crippen molar-refractivity contribution in [3.8, 4) is 0 Å². The molecule has 0 aromatic carbocycles. The highest BCUT2D eigenvalue weighted by Crippen LogP contribution is 2.09. The lowest BCUT2D eigenvalue weighted by molar-refractivity contribution is -0.161. The smallest absolute Gasteiger partial charge is 0.306 e. The van der Waals surface area contributed by atoms with Gasteiger partial charge in [-0.2, -0.15) is 0 Å². The van der Waals surface area contributed by atoms with Crippen LogP contribution in [0.4, 0.5) is 0 Å². The Labute approximate surface area is 526 Å². The van der Waals surface area contributed by atoms with Crippen molar-refractivity contribution in [3.05, 3.63) is 267 Å². The van der Waals surface area contributed by atoms with E-state index in [0.29, 0.717) is 12.8 Å². The number of hydrogen-bond donors (Lipinski definition) is 1. The normalized spacial score (nSPS) is 14.0. The van der Waals surface area contributed by atoms with Crippen molar-refractivity contribution in [1.29, 1.82) is 0 Å². The molecule has 0 radical (unpaired) electrons. The zero-order valence-corrected chi connectivity index (χ0v) is 53.7. The Morgan fingerprint density at radius 1 is 0.267 bits per heavy atom. The van der Waals surface area contributed by atoms with Crippen LogP contribution in [0.3, 0.4) is 0 Å². The molecule has 0 aromatic heterocycles. The van der Waals surface area contributed by atoms with Gasteiger partial charge in [-0.25, -0.2) is 0 Å². The maximum Gasteiger partial charge on any atom is 0.306 e. The second kappa shape index (κ2) is 72.4. The molecule has 0 aromatic rings. The number of rotatable bonds is 56. The molecule has 86 heavy (non-hydrogen) atoms. The third-order valence-electron chi connectivity index (χ3n) is 12.5. The van der Waals surface area contributed by atoms with Gasteiger partial charge in [-0.1, -0.05) is 281 Å². The number of aliphatic hydroxyl groups is 1. The van der Waals surface area contributed by atoms with Gasteiger partial charge in [0.15, 0.2) is 6.10 Å². The van der Waals surface area contributed by atoms with Crippen molar-refractivity contribution in [2.75, 3.05) is 13.2 Å². The quantitative estimate of drug-likeness (QED) is 0.0373. The van der Waals surface area contributed by atoms with Crippen molar-refractivity contribution in [1.82, 2.24) is 0 Å². The Bertz CT molecular complexity index is 2260. The summed E-state index contributed by atoms with van der Waals surface area (Å²) in [5, 5.41) is 9.67. The molecule has 0 aliphatic carbocycles. The first kappa shape index (κ1) is 79.2. The number of hydrogen-bond acceptors (Lipinski definition) is 5. The summed E-state index contributed by atoms with van der Waals surface area (Å²) in [7, 11) is 0. The highest BCUT2D eigenvalue weighted by Gasteiger charge is 2.16. The number of esters is 2. The maximum absolute atomic E-state index is 12.3. The van der Waals surface area contributed by atoms with Crippen LogP contribution in [0.5, 0.6) is 0 Å². The van der Waals surface area contributed by atoms with Gasteiger partial charge in [0.05, 0.1) is 6.61 Å². The van der Waals surface area contributed by atoms with Crippen LogP contribution < -0.4 is 0 Å². The van der Waals surface area contributed by atoms with Crippen molar-refractivity contribution in [3.63, 3.8) is 0 Å². The van der Waals surface area contributed by atoms with E-state index in [-0.39, 0.29) is 31.6 Å². The van der Waals surface area contributed by atoms with Gasteiger partial charge in [-0.05, 0) is 180 Å². The molecule has 1 atom stereocenters. The Morgan fingerprint density at radius 2 is 0.453 bits per heavy atom. The zero-order chi connectivity index (χ0) is 61.9. The number of ether oxygens (including phenoxy) is 2. The first-order valence-corrected chi connectivity index (χ1v) is 32.9. The van der Waals surface area contributed by atoms with Crippen molar-refractivity contribution < 1.29 is 24.2 Å². The highest BCUT2D eigenvalue weighted by atomic mass is 16.6. The summed E-state index contributed by atoms with van der Waals surface area (Å²) in [6, 6.07) is 0. The fraction of sp³-hybridized carbons (Fsp3) is 0.432. The molecule has 0 aliphatic heterocycles. The number of carbonyl (C=O) groups is 2. The van der Waals surface area contributed by atoms with Gasteiger partial charge in [0.2, 0.25) is 0 Å². The summed E-state index contributed by atoms with van der Waals surface area (Å²) in [6.07, 6.45) is 124. The average Bonchev–Trinajstić information content (AvgIpc) is 3.55. The monoisotopic (exact) mass is 1170 g/mol. The molecule has 470 valence electrons. The second-order valence-electron chi connectivity index (χ2n) is 20.4. The lowest BCUT2D eigenvalue weighted by Crippen LogP contribution is -2.28. The zero-order valence-electron chi connectivity index (χ0n) is 53.7. The second-order valence-corrected chi connectivity index (χ2v) is 20.4. The van der Waals surface area contributed by atoms with E-state index < -0.39 is 6.10 Å². The van der Waals surface area contributed by atoms with Gasteiger partial charge in [-0.3, -0.25) is 9.59 Å². The number of aliphatic hydroxyl groups excluding tert-OH is 1. The molecule has 1 unspecified atom stereocenters. The molecule has 5 nitrogen and oxygen atoms in total. The minimum absolute atomic E-state index is 0.127. The lowest BCUT2D eigenvalue weighted by atomic mass is 10.1. The summed E-state index contributed by atoms with van der Waals surface area (Å²) in [5.41, 5.74) is 0. The van der Waals surface area contributed by atoms with Crippen LogP contribution in [0.1, 0.15) is 206 Å². The fourth-order valence-corrected chi connectivity index (χ4v) is 7.68. The van der Waals surface area contributed by atoms with Gasteiger partial charge in [0, 0.05) is 12.8 Å². The van der Waals surface area contributed by atoms with Crippen LogP contribution in [-0.4, -0.2) is 36.4 Å². The molecular weight excluding hydrogens is 1050 g/mol. The van der Waals surface area contributed by atoms with Crippen molar-refractivity contribution >= 4 is 11.9 Å². The van der Waals surface area contributed by atoms with E-state index in [4.69, 9.17) is 9.47 Å². The van der Waals surface area contributed by atoms with E-state index in [2.05, 4.69) is 281 Å². The summed E-state index contributed by atoms with van der Waals surface area (Å²) in [5.74, 6) is -0.719. The predicted octanol–water partition coefficient (Wildman–Crippen LogP) is 23.4. The molecule has 0 amide bonds. The molecule has 5 heteroatoms. The lowest BCUT2D eigenvalue weighted by Gasteiger charge is -2.15. The van der Waals surface area contributed by atoms with Gasteiger partial charge in [0.25, 0.3) is 0 Å². The van der Waals surface area contributed by atoms with E-state index in [9.17, 15) is 14.7 Å². The van der Waals surface area contributed by atoms with Crippen LogP contribution in [0.15, 0.2) is 267 Å². The summed E-state index contributed by atoms with van der Waals surface area (Å²) >= 11 is 0. The predicted molar refractivity (Wildman–Crippen MR) is 379 cm³/mol.